The molecule has 78 valence electrons. The van der Waals surface area contributed by atoms with Gasteiger partial charge in [-0.05, 0) is 12.1 Å². The lowest BCUT2D eigenvalue weighted by atomic mass is 10.3. The second-order valence-electron chi connectivity index (χ2n) is 2.84. The molecule has 0 N–H and O–H groups in total. The smallest absolute Gasteiger partial charge is 0.167 e. The van der Waals surface area contributed by atoms with E-state index < -0.39 is 5.82 Å². The SMILES string of the molecule is Fc1c(Cl)cccc1-n1nncc1CCl. The largest absolute Gasteiger partial charge is 0.213 e. The predicted molar refractivity (Wildman–Crippen MR) is 55.9 cm³/mol. The van der Waals surface area contributed by atoms with Crippen LogP contribution in [0.1, 0.15) is 5.69 Å². The zero-order valence-corrected chi connectivity index (χ0v) is 9.00. The summed E-state index contributed by atoms with van der Waals surface area (Å²) in [4.78, 5) is 0. The topological polar surface area (TPSA) is 30.7 Å². The maximum Gasteiger partial charge on any atom is 0.167 e. The van der Waals surface area contributed by atoms with Gasteiger partial charge in [-0.25, -0.2) is 9.07 Å². The van der Waals surface area contributed by atoms with Crippen LogP contribution in [0, 0.1) is 5.82 Å². The van der Waals surface area contributed by atoms with E-state index in [4.69, 9.17) is 23.2 Å². The molecule has 0 bridgehead atoms. The number of nitrogens with zero attached hydrogens (tertiary/aromatic N) is 3. The van der Waals surface area contributed by atoms with E-state index in [-0.39, 0.29) is 16.6 Å². The first kappa shape index (κ1) is 10.4. The molecule has 0 spiro atoms. The van der Waals surface area contributed by atoms with Crippen molar-refractivity contribution < 1.29 is 4.39 Å². The maximum atomic E-state index is 13.6. The molecule has 0 aliphatic carbocycles. The highest BCUT2D eigenvalue weighted by Gasteiger charge is 2.12. The van der Waals surface area contributed by atoms with Gasteiger partial charge < -0.3 is 0 Å². The minimum absolute atomic E-state index is 0.0449. The summed E-state index contributed by atoms with van der Waals surface area (Å²) in [7, 11) is 0. The Morgan fingerprint density at radius 2 is 2.20 bits per heavy atom. The summed E-state index contributed by atoms with van der Waals surface area (Å²) in [6.07, 6.45) is 1.48. The van der Waals surface area contributed by atoms with Crippen molar-refractivity contribution in [3.05, 3.63) is 40.9 Å². The number of rotatable bonds is 2. The first-order chi connectivity index (χ1) is 7.24. The maximum absolute atomic E-state index is 13.6. The highest BCUT2D eigenvalue weighted by Crippen LogP contribution is 2.21. The van der Waals surface area contributed by atoms with Gasteiger partial charge in [-0.2, -0.15) is 0 Å². The second kappa shape index (κ2) is 4.16. The van der Waals surface area contributed by atoms with Crippen molar-refractivity contribution >= 4 is 23.2 Å². The monoisotopic (exact) mass is 245 g/mol. The third-order valence-electron chi connectivity index (χ3n) is 1.92. The van der Waals surface area contributed by atoms with Gasteiger partial charge in [0.15, 0.2) is 5.82 Å². The highest BCUT2D eigenvalue weighted by atomic mass is 35.5. The molecule has 2 aromatic rings. The van der Waals surface area contributed by atoms with Gasteiger partial charge in [0.25, 0.3) is 0 Å². The van der Waals surface area contributed by atoms with Gasteiger partial charge in [0, 0.05) is 0 Å². The third kappa shape index (κ3) is 1.82. The molecule has 0 saturated heterocycles. The average Bonchev–Trinajstić information content (AvgIpc) is 2.70. The summed E-state index contributed by atoms with van der Waals surface area (Å²) < 4.78 is 14.9. The molecule has 0 aliphatic rings. The molecule has 0 fully saturated rings. The lowest BCUT2D eigenvalue weighted by molar-refractivity contribution is 0.604. The molecular weight excluding hydrogens is 240 g/mol. The van der Waals surface area contributed by atoms with E-state index in [9.17, 15) is 4.39 Å². The fourth-order valence-corrected chi connectivity index (χ4v) is 1.56. The number of aromatic nitrogens is 3. The van der Waals surface area contributed by atoms with E-state index in [2.05, 4.69) is 10.3 Å². The van der Waals surface area contributed by atoms with Gasteiger partial charge in [-0.1, -0.05) is 22.9 Å². The van der Waals surface area contributed by atoms with Crippen molar-refractivity contribution in [1.82, 2.24) is 15.0 Å². The van der Waals surface area contributed by atoms with Crippen LogP contribution in [-0.4, -0.2) is 15.0 Å². The molecule has 0 radical (unpaired) electrons. The minimum atomic E-state index is -0.531. The zero-order valence-electron chi connectivity index (χ0n) is 7.49. The Hall–Kier alpha value is -1.13. The molecular formula is C9H6Cl2FN3. The third-order valence-corrected chi connectivity index (χ3v) is 2.48. The van der Waals surface area contributed by atoms with Gasteiger partial charge in [-0.15, -0.1) is 16.7 Å². The Kier molecular flexibility index (Phi) is 2.88. The summed E-state index contributed by atoms with van der Waals surface area (Å²) in [6.45, 7) is 0. The lowest BCUT2D eigenvalue weighted by Gasteiger charge is -2.05. The van der Waals surface area contributed by atoms with Crippen molar-refractivity contribution in [2.45, 2.75) is 5.88 Å². The minimum Gasteiger partial charge on any atom is -0.213 e. The van der Waals surface area contributed by atoms with E-state index in [1.54, 1.807) is 12.1 Å². The molecule has 2 rings (SSSR count). The predicted octanol–water partition coefficient (Wildman–Crippen LogP) is 2.80. The molecule has 0 unspecified atom stereocenters. The first-order valence-electron chi connectivity index (χ1n) is 4.14. The molecule has 0 atom stereocenters. The van der Waals surface area contributed by atoms with Crippen LogP contribution >= 0.6 is 23.2 Å². The Morgan fingerprint density at radius 3 is 2.93 bits per heavy atom. The molecule has 1 heterocycles. The van der Waals surface area contributed by atoms with Gasteiger partial charge in [-0.3, -0.25) is 0 Å². The number of hydrogen-bond donors (Lipinski definition) is 0. The number of hydrogen-bond acceptors (Lipinski definition) is 2. The molecule has 1 aromatic carbocycles. The molecule has 6 heteroatoms. The van der Waals surface area contributed by atoms with Crippen molar-refractivity contribution in [1.29, 1.82) is 0 Å². The summed E-state index contributed by atoms with van der Waals surface area (Å²) in [5.74, 6) is -0.324. The van der Waals surface area contributed by atoms with Crippen LogP contribution in [0.25, 0.3) is 5.69 Å². The normalized spacial score (nSPS) is 10.6. The van der Waals surface area contributed by atoms with Gasteiger partial charge in [0.1, 0.15) is 5.69 Å². The molecule has 0 aliphatic heterocycles. The zero-order chi connectivity index (χ0) is 10.8. The Bertz CT molecular complexity index is 484. The van der Waals surface area contributed by atoms with E-state index in [1.165, 1.54) is 16.9 Å². The quantitative estimate of drug-likeness (QED) is 0.763. The van der Waals surface area contributed by atoms with E-state index >= 15 is 0 Å². The first-order valence-corrected chi connectivity index (χ1v) is 5.05. The van der Waals surface area contributed by atoms with Crippen molar-refractivity contribution in [2.75, 3.05) is 0 Å². The van der Waals surface area contributed by atoms with Gasteiger partial charge in [0.2, 0.25) is 0 Å². The average molecular weight is 246 g/mol. The van der Waals surface area contributed by atoms with Crippen molar-refractivity contribution in [3.63, 3.8) is 0 Å². The fourth-order valence-electron chi connectivity index (χ4n) is 1.21. The van der Waals surface area contributed by atoms with Crippen molar-refractivity contribution in [3.8, 4) is 5.69 Å². The van der Waals surface area contributed by atoms with Crippen molar-refractivity contribution in [2.24, 2.45) is 0 Å². The second-order valence-corrected chi connectivity index (χ2v) is 3.52. The van der Waals surface area contributed by atoms with E-state index in [0.717, 1.165) is 0 Å². The van der Waals surface area contributed by atoms with Crippen LogP contribution in [0.4, 0.5) is 4.39 Å². The van der Waals surface area contributed by atoms with E-state index in [0.29, 0.717) is 5.69 Å². The van der Waals surface area contributed by atoms with Crippen LogP contribution in [0.3, 0.4) is 0 Å². The van der Waals surface area contributed by atoms with Crippen LogP contribution < -0.4 is 0 Å². The lowest BCUT2D eigenvalue weighted by Crippen LogP contribution is -2.03. The van der Waals surface area contributed by atoms with Crippen LogP contribution in [0.15, 0.2) is 24.4 Å². The number of benzene rings is 1. The van der Waals surface area contributed by atoms with E-state index in [1.807, 2.05) is 0 Å². The summed E-state index contributed by atoms with van der Waals surface area (Å²) in [5.41, 5.74) is 0.855. The van der Waals surface area contributed by atoms with Gasteiger partial charge >= 0.3 is 0 Å². The Labute approximate surface area is 95.4 Å². The summed E-state index contributed by atoms with van der Waals surface area (Å²) >= 11 is 11.3. The number of alkyl halides is 1. The van der Waals surface area contributed by atoms with Crippen LogP contribution in [0.2, 0.25) is 5.02 Å². The molecule has 1 aromatic heterocycles. The highest BCUT2D eigenvalue weighted by molar-refractivity contribution is 6.30. The molecule has 15 heavy (non-hydrogen) atoms. The number of halogens is 3. The summed E-state index contributed by atoms with van der Waals surface area (Å²) in [6, 6.07) is 4.67. The van der Waals surface area contributed by atoms with Gasteiger partial charge in [0.05, 0.1) is 22.8 Å². The standard InChI is InChI=1S/C9H6Cl2FN3/c10-4-6-5-13-14-15(6)8-3-1-2-7(11)9(8)12/h1-3,5H,4H2. The van der Waals surface area contributed by atoms with Crippen LogP contribution in [-0.2, 0) is 5.88 Å². The fraction of sp³-hybridized carbons (Fsp3) is 0.111. The molecule has 0 amide bonds. The van der Waals surface area contributed by atoms with Crippen LogP contribution in [0.5, 0.6) is 0 Å². The molecule has 0 saturated carbocycles. The molecule has 3 nitrogen and oxygen atoms in total. The Balaban J connectivity index is 2.59. The Morgan fingerprint density at radius 1 is 1.40 bits per heavy atom. The summed E-state index contributed by atoms with van der Waals surface area (Å²) in [5, 5.41) is 7.45.